The van der Waals surface area contributed by atoms with Crippen molar-refractivity contribution in [3.05, 3.63) is 24.3 Å². The van der Waals surface area contributed by atoms with E-state index in [9.17, 15) is 19.4 Å². The van der Waals surface area contributed by atoms with Gasteiger partial charge in [0.2, 0.25) is 5.91 Å². The zero-order valence-corrected chi connectivity index (χ0v) is 59.7. The molecule has 0 aromatic carbocycles. The van der Waals surface area contributed by atoms with Gasteiger partial charge in [0.25, 0.3) is 7.82 Å². The van der Waals surface area contributed by atoms with Crippen LogP contribution in [-0.4, -0.2) is 68.5 Å². The van der Waals surface area contributed by atoms with E-state index in [1.807, 2.05) is 21.1 Å². The van der Waals surface area contributed by atoms with Crippen molar-refractivity contribution in [1.29, 1.82) is 0 Å². The molecule has 0 fully saturated rings. The van der Waals surface area contributed by atoms with Crippen LogP contribution in [0.1, 0.15) is 412 Å². The molecule has 0 bridgehead atoms. The van der Waals surface area contributed by atoms with Crippen LogP contribution in [0.4, 0.5) is 0 Å². The van der Waals surface area contributed by atoms with Gasteiger partial charge in [0.05, 0.1) is 39.9 Å². The molecule has 0 aliphatic carbocycles. The van der Waals surface area contributed by atoms with Crippen molar-refractivity contribution in [2.75, 3.05) is 40.9 Å². The van der Waals surface area contributed by atoms with Crippen LogP contribution in [0.2, 0.25) is 0 Å². The summed E-state index contributed by atoms with van der Waals surface area (Å²) in [5, 5.41) is 14.1. The summed E-state index contributed by atoms with van der Waals surface area (Å²) in [5.41, 5.74) is 0. The summed E-state index contributed by atoms with van der Waals surface area (Å²) in [6, 6.07) is -0.801. The summed E-state index contributed by atoms with van der Waals surface area (Å²) in [5.74, 6) is -0.156. The number of hydrogen-bond acceptors (Lipinski definition) is 6. The molecule has 2 N–H and O–H groups in total. The van der Waals surface area contributed by atoms with E-state index in [0.717, 1.165) is 44.9 Å². The maximum atomic E-state index is 13.1. The fraction of sp³-hybridized carbons (Fsp3) is 0.935. The van der Waals surface area contributed by atoms with Gasteiger partial charge in [-0.25, -0.2) is 0 Å². The number of amides is 1. The maximum Gasteiger partial charge on any atom is 0.268 e. The van der Waals surface area contributed by atoms with Crippen molar-refractivity contribution in [2.45, 2.75) is 424 Å². The highest BCUT2D eigenvalue weighted by molar-refractivity contribution is 7.45. The molecule has 3 unspecified atom stereocenters. The number of aliphatic hydroxyl groups excluding tert-OH is 1. The van der Waals surface area contributed by atoms with Crippen LogP contribution in [0.5, 0.6) is 0 Å². The van der Waals surface area contributed by atoms with Gasteiger partial charge in [0.1, 0.15) is 13.2 Å². The number of unbranched alkanes of at least 4 members (excludes halogenated alkanes) is 56. The molecular formula is C77H153N2O6P. The Morgan fingerprint density at radius 1 is 0.407 bits per heavy atom. The SMILES string of the molecule is CCCCCCCCCCCCCCCCC/C=C\C/C=C\CCCCCCCCCCCCCCCCCCCC(=O)NC(COP(=O)([O-])OCC[N+](C)(C)C)C(O)CCCCCCCCCCCCCCCCCCCCCCCCCCC. The molecule has 0 aromatic heterocycles. The molecule has 0 heterocycles. The standard InChI is InChI=1S/C77H153N2O6P/c1-6-8-10-12-14-16-18-20-22-24-26-28-30-32-33-34-35-36-37-38-39-40-41-42-43-44-45-47-49-51-53-55-57-59-61-63-65-67-69-71-77(81)78-75(74-85-86(82,83)84-73-72-79(3,4)5)76(80)70-68-66-64-62-60-58-56-54-52-50-48-46-31-29-27-25-23-21-19-17-15-13-11-9-7-2/h35-36,38-39,75-76,80H,6-34,37,40-74H2,1-5H3,(H-,78,81,82,83)/b36-35-,39-38-. The number of hydrogen-bond donors (Lipinski definition) is 2. The lowest BCUT2D eigenvalue weighted by molar-refractivity contribution is -0.870. The average Bonchev–Trinajstić information content (AvgIpc) is 3.70. The van der Waals surface area contributed by atoms with E-state index in [0.29, 0.717) is 23.9 Å². The van der Waals surface area contributed by atoms with E-state index in [1.54, 1.807) is 0 Å². The fourth-order valence-electron chi connectivity index (χ4n) is 12.2. The summed E-state index contributed by atoms with van der Waals surface area (Å²) < 4.78 is 23.6. The summed E-state index contributed by atoms with van der Waals surface area (Å²) in [6.45, 7) is 4.80. The van der Waals surface area contributed by atoms with Crippen molar-refractivity contribution in [2.24, 2.45) is 0 Å². The van der Waals surface area contributed by atoms with Crippen LogP contribution in [-0.2, 0) is 18.4 Å². The Hall–Kier alpha value is -1.02. The molecule has 0 spiro atoms. The van der Waals surface area contributed by atoms with Gasteiger partial charge < -0.3 is 28.8 Å². The second-order valence-corrected chi connectivity index (χ2v) is 29.5. The molecular weight excluding hydrogens is 1080 g/mol. The Labute approximate surface area is 538 Å². The van der Waals surface area contributed by atoms with Gasteiger partial charge in [-0.3, -0.25) is 9.36 Å². The fourth-order valence-corrected chi connectivity index (χ4v) is 12.9. The number of phosphoric acid groups is 1. The van der Waals surface area contributed by atoms with Gasteiger partial charge in [-0.1, -0.05) is 385 Å². The highest BCUT2D eigenvalue weighted by atomic mass is 31.2. The van der Waals surface area contributed by atoms with E-state index < -0.39 is 20.0 Å². The summed E-state index contributed by atoms with van der Waals surface area (Å²) in [4.78, 5) is 25.7. The third kappa shape index (κ3) is 70.4. The topological polar surface area (TPSA) is 108 Å². The maximum absolute atomic E-state index is 13.1. The Morgan fingerprint density at radius 3 is 0.965 bits per heavy atom. The molecule has 9 heteroatoms. The van der Waals surface area contributed by atoms with Crippen LogP contribution in [0.25, 0.3) is 0 Å². The number of rotatable bonds is 73. The number of carbonyl (C=O) groups excluding carboxylic acids is 1. The molecule has 0 aliphatic heterocycles. The van der Waals surface area contributed by atoms with Crippen LogP contribution >= 0.6 is 7.82 Å². The van der Waals surface area contributed by atoms with Crippen molar-refractivity contribution in [1.82, 2.24) is 5.32 Å². The van der Waals surface area contributed by atoms with Gasteiger partial charge in [-0.05, 0) is 44.9 Å². The predicted octanol–water partition coefficient (Wildman–Crippen LogP) is 24.4. The molecule has 86 heavy (non-hydrogen) atoms. The molecule has 0 aromatic rings. The monoisotopic (exact) mass is 1230 g/mol. The van der Waals surface area contributed by atoms with Crippen LogP contribution in [0, 0.1) is 0 Å². The number of carbonyl (C=O) groups is 1. The Balaban J connectivity index is 3.92. The second kappa shape index (κ2) is 68.3. The highest BCUT2D eigenvalue weighted by Crippen LogP contribution is 2.38. The molecule has 1 amide bonds. The molecule has 3 atom stereocenters. The Bertz CT molecular complexity index is 1450. The largest absolute Gasteiger partial charge is 0.756 e. The van der Waals surface area contributed by atoms with E-state index in [4.69, 9.17) is 9.05 Å². The van der Waals surface area contributed by atoms with Crippen LogP contribution < -0.4 is 10.2 Å². The van der Waals surface area contributed by atoms with Crippen LogP contribution in [0.3, 0.4) is 0 Å². The Morgan fingerprint density at radius 2 is 0.674 bits per heavy atom. The number of allylic oxidation sites excluding steroid dienone is 4. The summed E-state index contributed by atoms with van der Waals surface area (Å²) >= 11 is 0. The zero-order chi connectivity index (χ0) is 62.6. The van der Waals surface area contributed by atoms with Gasteiger partial charge in [0, 0.05) is 6.42 Å². The number of quaternary nitrogens is 1. The molecule has 0 aliphatic rings. The Kier molecular flexibility index (Phi) is 67.5. The minimum absolute atomic E-state index is 0.0148. The number of nitrogens with one attached hydrogen (secondary N) is 1. The zero-order valence-electron chi connectivity index (χ0n) is 58.8. The van der Waals surface area contributed by atoms with Gasteiger partial charge in [0.15, 0.2) is 0 Å². The minimum Gasteiger partial charge on any atom is -0.756 e. The first kappa shape index (κ1) is 85.0. The van der Waals surface area contributed by atoms with E-state index in [2.05, 4.69) is 43.5 Å². The van der Waals surface area contributed by atoms with E-state index in [-0.39, 0.29) is 19.1 Å². The number of aliphatic hydroxyl groups is 1. The van der Waals surface area contributed by atoms with Crippen molar-refractivity contribution in [3.8, 4) is 0 Å². The predicted molar refractivity (Wildman–Crippen MR) is 376 cm³/mol. The smallest absolute Gasteiger partial charge is 0.268 e. The third-order valence-electron chi connectivity index (χ3n) is 18.2. The van der Waals surface area contributed by atoms with Gasteiger partial charge in [-0.15, -0.1) is 0 Å². The quantitative estimate of drug-likeness (QED) is 0.0272. The lowest BCUT2D eigenvalue weighted by atomic mass is 10.0. The normalized spacial score (nSPS) is 13.6. The van der Waals surface area contributed by atoms with E-state index in [1.165, 1.54) is 340 Å². The summed E-state index contributed by atoms with van der Waals surface area (Å²) in [7, 11) is 1.33. The first-order valence-corrected chi connectivity index (χ1v) is 40.1. The van der Waals surface area contributed by atoms with Crippen molar-refractivity contribution in [3.63, 3.8) is 0 Å². The van der Waals surface area contributed by atoms with Gasteiger partial charge >= 0.3 is 0 Å². The lowest BCUT2D eigenvalue weighted by Gasteiger charge is -2.30. The second-order valence-electron chi connectivity index (χ2n) is 28.1. The number of nitrogens with zero attached hydrogens (tertiary/aromatic N) is 1. The molecule has 8 nitrogen and oxygen atoms in total. The molecule has 512 valence electrons. The first-order valence-electron chi connectivity index (χ1n) is 38.7. The van der Waals surface area contributed by atoms with Crippen molar-refractivity contribution >= 4 is 13.7 Å². The molecule has 0 saturated carbocycles. The highest BCUT2D eigenvalue weighted by Gasteiger charge is 2.24. The van der Waals surface area contributed by atoms with Crippen LogP contribution in [0.15, 0.2) is 24.3 Å². The van der Waals surface area contributed by atoms with E-state index >= 15 is 0 Å². The third-order valence-corrected chi connectivity index (χ3v) is 19.2. The lowest BCUT2D eigenvalue weighted by Crippen LogP contribution is -2.46. The summed E-state index contributed by atoms with van der Waals surface area (Å²) in [6.07, 6.45) is 90.1. The molecule has 0 radical (unpaired) electrons. The van der Waals surface area contributed by atoms with Crippen molar-refractivity contribution < 1.29 is 32.9 Å². The minimum atomic E-state index is -4.58. The number of likely N-dealkylation sites (N-methyl/N-ethyl adjacent to an activating group) is 1. The molecule has 0 saturated heterocycles. The van der Waals surface area contributed by atoms with Gasteiger partial charge in [-0.2, -0.15) is 0 Å². The average molecular weight is 1230 g/mol. The molecule has 0 rings (SSSR count). The number of phosphoric ester groups is 1. The first-order chi connectivity index (χ1) is 42.0.